The van der Waals surface area contributed by atoms with E-state index in [4.69, 9.17) is 4.74 Å². The number of hydrogen-bond acceptors (Lipinski definition) is 3. The first-order valence-corrected chi connectivity index (χ1v) is 8.11. The molecule has 2 saturated carbocycles. The number of carbonyl (C=O) groups is 2. The number of esters is 1. The summed E-state index contributed by atoms with van der Waals surface area (Å²) in [6.07, 6.45) is 1.88. The molecule has 21 heavy (non-hydrogen) atoms. The van der Waals surface area contributed by atoms with Gasteiger partial charge in [-0.2, -0.15) is 0 Å². The van der Waals surface area contributed by atoms with Crippen molar-refractivity contribution in [2.45, 2.75) is 25.9 Å². The van der Waals surface area contributed by atoms with Crippen molar-refractivity contribution in [3.8, 4) is 0 Å². The Morgan fingerprint density at radius 1 is 1.38 bits per heavy atom. The number of amides is 1. The number of anilines is 1. The van der Waals surface area contributed by atoms with Crippen LogP contribution in [0.1, 0.15) is 18.4 Å². The van der Waals surface area contributed by atoms with Crippen LogP contribution in [0.3, 0.4) is 0 Å². The van der Waals surface area contributed by atoms with Crippen molar-refractivity contribution in [3.63, 3.8) is 0 Å². The third-order valence-corrected chi connectivity index (χ3v) is 5.73. The van der Waals surface area contributed by atoms with Crippen LogP contribution in [0.25, 0.3) is 0 Å². The standard InChI is InChI=1S/C16H16BrNO3/c1-7-4-9(17)2-3-11(7)18-15(19)13-8-5-10-12(6-8)21-16(20)14(10)13/h2-4,8,10,12-14H,5-6H2,1H3,(H,18,19)/t8-,10-,12+,13+,14-/m0/s1. The molecular formula is C16H16BrNO3. The van der Waals surface area contributed by atoms with E-state index in [9.17, 15) is 9.59 Å². The van der Waals surface area contributed by atoms with Gasteiger partial charge in [0.25, 0.3) is 0 Å². The van der Waals surface area contributed by atoms with E-state index < -0.39 is 0 Å². The van der Waals surface area contributed by atoms with Gasteiger partial charge in [0.05, 0.1) is 11.8 Å². The lowest BCUT2D eigenvalue weighted by molar-refractivity contribution is -0.145. The second kappa shape index (κ2) is 4.57. The van der Waals surface area contributed by atoms with Gasteiger partial charge in [-0.1, -0.05) is 15.9 Å². The number of hydrogen-bond donors (Lipinski definition) is 1. The van der Waals surface area contributed by atoms with E-state index in [0.29, 0.717) is 5.92 Å². The molecule has 1 saturated heterocycles. The van der Waals surface area contributed by atoms with Gasteiger partial charge < -0.3 is 10.1 Å². The predicted molar refractivity (Wildman–Crippen MR) is 80.6 cm³/mol. The number of halogens is 1. The van der Waals surface area contributed by atoms with Gasteiger partial charge in [0, 0.05) is 16.1 Å². The lowest BCUT2D eigenvalue weighted by atomic mass is 9.79. The quantitative estimate of drug-likeness (QED) is 0.835. The second-order valence-electron chi connectivity index (χ2n) is 6.37. The molecule has 110 valence electrons. The number of carbonyl (C=O) groups excluding carboxylic acids is 2. The summed E-state index contributed by atoms with van der Waals surface area (Å²) < 4.78 is 6.37. The molecule has 4 rings (SSSR count). The number of benzene rings is 1. The van der Waals surface area contributed by atoms with E-state index in [0.717, 1.165) is 28.6 Å². The van der Waals surface area contributed by atoms with Crippen LogP contribution >= 0.6 is 15.9 Å². The fraction of sp³-hybridized carbons (Fsp3) is 0.500. The van der Waals surface area contributed by atoms with Crippen molar-refractivity contribution in [2.24, 2.45) is 23.7 Å². The van der Waals surface area contributed by atoms with E-state index in [1.165, 1.54) is 0 Å². The monoisotopic (exact) mass is 349 g/mol. The van der Waals surface area contributed by atoms with Gasteiger partial charge in [0.1, 0.15) is 6.10 Å². The molecule has 1 N–H and O–H groups in total. The van der Waals surface area contributed by atoms with Crippen LogP contribution in [0.4, 0.5) is 5.69 Å². The van der Waals surface area contributed by atoms with Gasteiger partial charge in [0.15, 0.2) is 0 Å². The minimum Gasteiger partial charge on any atom is -0.462 e. The summed E-state index contributed by atoms with van der Waals surface area (Å²) in [4.78, 5) is 24.6. The molecule has 1 aliphatic heterocycles. The van der Waals surface area contributed by atoms with Crippen LogP contribution in [0.15, 0.2) is 22.7 Å². The van der Waals surface area contributed by atoms with E-state index in [-0.39, 0.29) is 35.7 Å². The SMILES string of the molecule is Cc1cc(Br)ccc1NC(=O)[C@@H]1[C@H]2C[C@@H]3[C@@H]1C(=O)O[C@@H]3C2. The van der Waals surface area contributed by atoms with Crippen LogP contribution in [-0.4, -0.2) is 18.0 Å². The van der Waals surface area contributed by atoms with Crippen molar-refractivity contribution in [1.82, 2.24) is 0 Å². The molecule has 2 aliphatic carbocycles. The summed E-state index contributed by atoms with van der Waals surface area (Å²) in [6.45, 7) is 1.96. The molecule has 0 radical (unpaired) electrons. The van der Waals surface area contributed by atoms with Crippen molar-refractivity contribution in [1.29, 1.82) is 0 Å². The van der Waals surface area contributed by atoms with Crippen molar-refractivity contribution in [2.75, 3.05) is 5.32 Å². The summed E-state index contributed by atoms with van der Waals surface area (Å²) in [6, 6.07) is 5.76. The molecule has 1 aromatic carbocycles. The highest BCUT2D eigenvalue weighted by Crippen LogP contribution is 2.57. The highest BCUT2D eigenvalue weighted by molar-refractivity contribution is 9.10. The Bertz CT molecular complexity index is 642. The first kappa shape index (κ1) is 13.3. The molecular weight excluding hydrogens is 334 g/mol. The molecule has 5 atom stereocenters. The first-order chi connectivity index (χ1) is 10.0. The third-order valence-electron chi connectivity index (χ3n) is 5.23. The van der Waals surface area contributed by atoms with Crippen LogP contribution in [-0.2, 0) is 14.3 Å². The Hall–Kier alpha value is -1.36. The molecule has 1 heterocycles. The minimum atomic E-state index is -0.218. The number of nitrogens with one attached hydrogen (secondary N) is 1. The van der Waals surface area contributed by atoms with Gasteiger partial charge >= 0.3 is 5.97 Å². The van der Waals surface area contributed by atoms with Crippen LogP contribution in [0.2, 0.25) is 0 Å². The number of aryl methyl sites for hydroxylation is 1. The number of fused-ring (bicyclic) bond motifs is 1. The molecule has 4 nitrogen and oxygen atoms in total. The molecule has 0 aromatic heterocycles. The molecule has 5 heteroatoms. The van der Waals surface area contributed by atoms with E-state index in [1.807, 2.05) is 25.1 Å². The Balaban J connectivity index is 1.57. The summed E-state index contributed by atoms with van der Waals surface area (Å²) >= 11 is 3.42. The summed E-state index contributed by atoms with van der Waals surface area (Å²) in [7, 11) is 0. The van der Waals surface area contributed by atoms with Gasteiger partial charge in [-0.15, -0.1) is 0 Å². The van der Waals surface area contributed by atoms with Crippen molar-refractivity contribution in [3.05, 3.63) is 28.2 Å². The normalized spacial score (nSPS) is 35.9. The number of ether oxygens (including phenoxy) is 1. The lowest BCUT2D eigenvalue weighted by Crippen LogP contribution is -2.36. The maximum atomic E-state index is 12.6. The van der Waals surface area contributed by atoms with Gasteiger partial charge in [-0.25, -0.2) is 0 Å². The lowest BCUT2D eigenvalue weighted by Gasteiger charge is -2.24. The highest BCUT2D eigenvalue weighted by atomic mass is 79.9. The molecule has 1 amide bonds. The Morgan fingerprint density at radius 2 is 2.19 bits per heavy atom. The summed E-state index contributed by atoms with van der Waals surface area (Å²) in [5.74, 6) is -0.0711. The molecule has 0 unspecified atom stereocenters. The molecule has 3 fully saturated rings. The minimum absolute atomic E-state index is 0.0322. The van der Waals surface area contributed by atoms with Crippen molar-refractivity contribution < 1.29 is 14.3 Å². The fourth-order valence-corrected chi connectivity index (χ4v) is 4.82. The zero-order valence-corrected chi connectivity index (χ0v) is 13.2. The van der Waals surface area contributed by atoms with Gasteiger partial charge in [-0.3, -0.25) is 9.59 Å². The Morgan fingerprint density at radius 3 is 2.95 bits per heavy atom. The zero-order valence-electron chi connectivity index (χ0n) is 11.6. The maximum Gasteiger partial charge on any atom is 0.310 e. The highest BCUT2D eigenvalue weighted by Gasteiger charge is 2.63. The molecule has 2 bridgehead atoms. The van der Waals surface area contributed by atoms with Crippen LogP contribution < -0.4 is 5.32 Å². The van der Waals surface area contributed by atoms with Gasteiger partial charge in [-0.05, 0) is 49.4 Å². The first-order valence-electron chi connectivity index (χ1n) is 7.32. The van der Waals surface area contributed by atoms with E-state index in [2.05, 4.69) is 21.2 Å². The van der Waals surface area contributed by atoms with Crippen LogP contribution in [0, 0.1) is 30.6 Å². The second-order valence-corrected chi connectivity index (χ2v) is 7.29. The molecule has 0 spiro atoms. The topological polar surface area (TPSA) is 55.4 Å². The summed E-state index contributed by atoms with van der Waals surface area (Å²) in [5.41, 5.74) is 1.82. The fourth-order valence-electron chi connectivity index (χ4n) is 4.35. The third kappa shape index (κ3) is 1.94. The maximum absolute atomic E-state index is 12.6. The van der Waals surface area contributed by atoms with Crippen molar-refractivity contribution >= 4 is 33.5 Å². The summed E-state index contributed by atoms with van der Waals surface area (Å²) in [5, 5.41) is 3.00. The van der Waals surface area contributed by atoms with E-state index in [1.54, 1.807) is 0 Å². The van der Waals surface area contributed by atoms with Crippen LogP contribution in [0.5, 0.6) is 0 Å². The predicted octanol–water partition coefficient (Wildman–Crippen LogP) is 2.89. The zero-order chi connectivity index (χ0) is 14.7. The average molecular weight is 350 g/mol. The average Bonchev–Trinajstić information content (AvgIpc) is 3.02. The Labute approximate surface area is 131 Å². The van der Waals surface area contributed by atoms with Gasteiger partial charge in [0.2, 0.25) is 5.91 Å². The molecule has 3 aliphatic rings. The Kier molecular flexibility index (Phi) is 2.89. The molecule has 1 aromatic rings. The van der Waals surface area contributed by atoms with E-state index >= 15 is 0 Å². The largest absolute Gasteiger partial charge is 0.462 e. The smallest absolute Gasteiger partial charge is 0.310 e. The number of rotatable bonds is 2.